The number of carbonyl (C=O) groups is 2. The summed E-state index contributed by atoms with van der Waals surface area (Å²) in [5, 5.41) is 34.7. The molecule has 0 amide bonds. The van der Waals surface area contributed by atoms with Crippen molar-refractivity contribution in [1.29, 1.82) is 0 Å². The van der Waals surface area contributed by atoms with Gasteiger partial charge >= 0.3 is 11.9 Å². The number of aliphatic hydroxyl groups is 2. The van der Waals surface area contributed by atoms with Crippen molar-refractivity contribution in [2.45, 2.75) is 27.7 Å². The van der Waals surface area contributed by atoms with Crippen molar-refractivity contribution in [3.8, 4) is 0 Å². The standard InChI is InChI=1S/C16H17NS2.C4H6O6/c1-17(2)10-5-7-12-13-6-3-4-8-15(13)19-16-14(12)9-11-18-16;5-1(3(7)8)2(6)4(9)10/h3-4,6-9,11H,5,10H2,1-2H3;1-2,5-6H,(H,7,8)(H,9,10)/b12-7+;/t;1-,2-/m.1/s1. The number of aliphatic carboxylic acids is 2. The summed E-state index contributed by atoms with van der Waals surface area (Å²) in [5.74, 6) is -3.54. The van der Waals surface area contributed by atoms with E-state index >= 15 is 0 Å². The Hall–Kier alpha value is -2.17. The van der Waals surface area contributed by atoms with Gasteiger partial charge in [-0.25, -0.2) is 9.59 Å². The quantitative estimate of drug-likeness (QED) is 0.465. The first kappa shape index (κ1) is 23.1. The Balaban J connectivity index is 0.000000257. The Kier molecular flexibility index (Phi) is 8.42. The zero-order chi connectivity index (χ0) is 21.6. The van der Waals surface area contributed by atoms with Crippen LogP contribution in [0.3, 0.4) is 0 Å². The van der Waals surface area contributed by atoms with Crippen molar-refractivity contribution in [2.75, 3.05) is 20.6 Å². The number of carboxylic acid groups (broad SMARTS) is 2. The minimum absolute atomic E-state index is 1.09. The number of aliphatic hydroxyl groups excluding tert-OH is 2. The van der Waals surface area contributed by atoms with Gasteiger partial charge in [-0.3, -0.25) is 0 Å². The third-order valence-corrected chi connectivity index (χ3v) is 6.26. The van der Waals surface area contributed by atoms with Gasteiger partial charge in [0, 0.05) is 17.0 Å². The first-order valence-electron chi connectivity index (χ1n) is 8.74. The molecule has 7 nitrogen and oxygen atoms in total. The molecule has 2 heterocycles. The van der Waals surface area contributed by atoms with Gasteiger partial charge in [0.15, 0.2) is 12.2 Å². The molecule has 0 unspecified atom stereocenters. The number of carboxylic acids is 2. The summed E-state index contributed by atoms with van der Waals surface area (Å²) >= 11 is 3.74. The SMILES string of the molecule is CN(C)CC/C=C1\c2ccccc2Sc2sccc21.O=C(O)[C@H](O)[C@@H](O)C(=O)O. The summed E-state index contributed by atoms with van der Waals surface area (Å²) in [6, 6.07) is 11.0. The second-order valence-electron chi connectivity index (χ2n) is 6.50. The van der Waals surface area contributed by atoms with Crippen LogP contribution in [0.15, 0.2) is 50.9 Å². The largest absolute Gasteiger partial charge is 0.479 e. The number of benzene rings is 1. The van der Waals surface area contributed by atoms with Crippen LogP contribution in [0.5, 0.6) is 0 Å². The summed E-state index contributed by atoms with van der Waals surface area (Å²) in [5.41, 5.74) is 4.21. The molecule has 0 radical (unpaired) electrons. The maximum atomic E-state index is 9.77. The highest BCUT2D eigenvalue weighted by Crippen LogP contribution is 2.47. The summed E-state index contributed by atoms with van der Waals surface area (Å²) in [6.07, 6.45) is -1.05. The fourth-order valence-corrected chi connectivity index (χ4v) is 4.74. The van der Waals surface area contributed by atoms with E-state index in [0.717, 1.165) is 13.0 Å². The highest BCUT2D eigenvalue weighted by atomic mass is 32.2. The second kappa shape index (κ2) is 10.6. The van der Waals surface area contributed by atoms with E-state index in [0.29, 0.717) is 0 Å². The molecular formula is C20H23NO6S2. The van der Waals surface area contributed by atoms with Gasteiger partial charge in [0.05, 0.1) is 4.21 Å². The smallest absolute Gasteiger partial charge is 0.335 e. The number of thiophene rings is 1. The molecule has 1 aromatic carbocycles. The Morgan fingerprint density at radius 3 is 2.24 bits per heavy atom. The van der Waals surface area contributed by atoms with E-state index in [1.165, 1.54) is 25.8 Å². The van der Waals surface area contributed by atoms with Crippen molar-refractivity contribution < 1.29 is 30.0 Å². The summed E-state index contributed by atoms with van der Waals surface area (Å²) < 4.78 is 1.43. The van der Waals surface area contributed by atoms with Gasteiger partial charge in [-0.05, 0) is 49.2 Å². The second-order valence-corrected chi connectivity index (χ2v) is 8.72. The van der Waals surface area contributed by atoms with Gasteiger partial charge in [-0.2, -0.15) is 0 Å². The lowest BCUT2D eigenvalue weighted by Crippen LogP contribution is -2.39. The van der Waals surface area contributed by atoms with Gasteiger partial charge < -0.3 is 25.3 Å². The van der Waals surface area contributed by atoms with E-state index in [-0.39, 0.29) is 0 Å². The zero-order valence-electron chi connectivity index (χ0n) is 16.0. The topological polar surface area (TPSA) is 118 Å². The van der Waals surface area contributed by atoms with Crippen LogP contribution in [0.1, 0.15) is 17.5 Å². The van der Waals surface area contributed by atoms with Crippen molar-refractivity contribution >= 4 is 40.6 Å². The monoisotopic (exact) mass is 437 g/mol. The molecular weight excluding hydrogens is 414 g/mol. The molecule has 3 rings (SSSR count). The Labute approximate surface area is 176 Å². The maximum absolute atomic E-state index is 9.77. The first-order valence-corrected chi connectivity index (χ1v) is 10.4. The lowest BCUT2D eigenvalue weighted by molar-refractivity contribution is -0.165. The molecule has 1 aliphatic rings. The minimum Gasteiger partial charge on any atom is -0.479 e. The van der Waals surface area contributed by atoms with E-state index in [9.17, 15) is 9.59 Å². The van der Waals surface area contributed by atoms with Crippen molar-refractivity contribution in [2.24, 2.45) is 0 Å². The van der Waals surface area contributed by atoms with Crippen LogP contribution in [0.25, 0.3) is 5.57 Å². The van der Waals surface area contributed by atoms with Gasteiger partial charge in [0.25, 0.3) is 0 Å². The van der Waals surface area contributed by atoms with Crippen LogP contribution < -0.4 is 0 Å². The number of nitrogens with zero attached hydrogens (tertiary/aromatic N) is 1. The number of rotatable bonds is 6. The van der Waals surface area contributed by atoms with Gasteiger partial charge in [0.1, 0.15) is 0 Å². The van der Waals surface area contributed by atoms with Crippen molar-refractivity contribution in [3.63, 3.8) is 0 Å². The van der Waals surface area contributed by atoms with Crippen molar-refractivity contribution in [1.82, 2.24) is 4.90 Å². The molecule has 1 aromatic heterocycles. The van der Waals surface area contributed by atoms with E-state index in [2.05, 4.69) is 60.8 Å². The molecule has 9 heteroatoms. The zero-order valence-corrected chi connectivity index (χ0v) is 17.6. The van der Waals surface area contributed by atoms with Crippen LogP contribution in [-0.2, 0) is 9.59 Å². The number of fused-ring (bicyclic) bond motifs is 2. The summed E-state index contributed by atoms with van der Waals surface area (Å²) in [7, 11) is 4.25. The Morgan fingerprint density at radius 2 is 1.66 bits per heavy atom. The predicted octanol–water partition coefficient (Wildman–Crippen LogP) is 2.47. The third-order valence-electron chi connectivity index (χ3n) is 4.03. The molecule has 2 aromatic rings. The van der Waals surface area contributed by atoms with Gasteiger partial charge in [0.2, 0.25) is 0 Å². The molecule has 1 aliphatic heterocycles. The lowest BCUT2D eigenvalue weighted by atomic mass is 9.98. The average Bonchev–Trinajstić information content (AvgIpc) is 3.14. The average molecular weight is 438 g/mol. The normalized spacial score (nSPS) is 15.7. The fraction of sp³-hybridized carbons (Fsp3) is 0.300. The number of hydrogen-bond donors (Lipinski definition) is 4. The molecule has 0 saturated carbocycles. The highest BCUT2D eigenvalue weighted by molar-refractivity contribution is 8.01. The molecule has 4 N–H and O–H groups in total. The van der Waals surface area contributed by atoms with E-state index in [4.69, 9.17) is 20.4 Å². The van der Waals surface area contributed by atoms with Gasteiger partial charge in [-0.15, -0.1) is 11.3 Å². The van der Waals surface area contributed by atoms with Crippen LogP contribution in [0, 0.1) is 0 Å². The maximum Gasteiger partial charge on any atom is 0.335 e. The third kappa shape index (κ3) is 6.15. The Morgan fingerprint density at radius 1 is 1.03 bits per heavy atom. The molecule has 0 fully saturated rings. The molecule has 0 aliphatic carbocycles. The molecule has 0 spiro atoms. The van der Waals surface area contributed by atoms with Crippen LogP contribution >= 0.6 is 23.1 Å². The van der Waals surface area contributed by atoms with Crippen molar-refractivity contribution in [3.05, 3.63) is 52.9 Å². The molecule has 156 valence electrons. The summed E-state index contributed by atoms with van der Waals surface area (Å²) in [4.78, 5) is 23.2. The molecule has 0 saturated heterocycles. The Bertz CT molecular complexity index is 875. The predicted molar refractivity (Wildman–Crippen MR) is 112 cm³/mol. The van der Waals surface area contributed by atoms with Gasteiger partial charge in [-0.1, -0.05) is 36.0 Å². The minimum atomic E-state index is -2.27. The molecule has 29 heavy (non-hydrogen) atoms. The van der Waals surface area contributed by atoms with Crippen LogP contribution in [0.4, 0.5) is 0 Å². The lowest BCUT2D eigenvalue weighted by Gasteiger charge is -2.19. The number of hydrogen-bond acceptors (Lipinski definition) is 7. The van der Waals surface area contributed by atoms with E-state index in [1.807, 2.05) is 23.1 Å². The van der Waals surface area contributed by atoms with E-state index < -0.39 is 24.1 Å². The van der Waals surface area contributed by atoms with E-state index in [1.54, 1.807) is 0 Å². The van der Waals surface area contributed by atoms with Crippen LogP contribution in [0.2, 0.25) is 0 Å². The highest BCUT2D eigenvalue weighted by Gasteiger charge is 2.29. The first-order chi connectivity index (χ1) is 13.7. The fourth-order valence-electron chi connectivity index (χ4n) is 2.55. The molecule has 2 atom stereocenters. The molecule has 0 bridgehead atoms. The van der Waals surface area contributed by atoms with Crippen LogP contribution in [-0.4, -0.2) is 70.1 Å². The summed E-state index contributed by atoms with van der Waals surface area (Å²) in [6.45, 7) is 1.10.